The Bertz CT molecular complexity index is 524. The van der Waals surface area contributed by atoms with Crippen molar-refractivity contribution in [2.75, 3.05) is 13.7 Å². The van der Waals surface area contributed by atoms with E-state index in [9.17, 15) is 13.2 Å². The normalized spacial score (nSPS) is 13.0. The van der Waals surface area contributed by atoms with Crippen molar-refractivity contribution in [3.05, 3.63) is 35.4 Å². The van der Waals surface area contributed by atoms with E-state index in [-0.39, 0.29) is 12.4 Å². The molecule has 7 heteroatoms. The highest BCUT2D eigenvalue weighted by Gasteiger charge is 2.15. The van der Waals surface area contributed by atoms with Crippen molar-refractivity contribution in [1.82, 2.24) is 4.72 Å². The molecule has 0 aliphatic rings. The second kappa shape index (κ2) is 6.65. The summed E-state index contributed by atoms with van der Waals surface area (Å²) in [7, 11) is -2.23. The van der Waals surface area contributed by atoms with E-state index in [2.05, 4.69) is 9.46 Å². The molecule has 106 valence electrons. The number of sulfonamides is 1. The van der Waals surface area contributed by atoms with E-state index in [4.69, 9.17) is 5.11 Å². The molecule has 0 bridgehead atoms. The van der Waals surface area contributed by atoms with Crippen LogP contribution in [0.25, 0.3) is 0 Å². The number of benzene rings is 1. The molecule has 0 spiro atoms. The Kier molecular flexibility index (Phi) is 5.46. The molecule has 0 aliphatic carbocycles. The van der Waals surface area contributed by atoms with E-state index in [0.717, 1.165) is 0 Å². The molecule has 1 aromatic rings. The SMILES string of the molecule is COC(=O)c1ccc(CS(=O)(=O)N[C@H](C)CO)cc1. The van der Waals surface area contributed by atoms with Crippen LogP contribution in [0.3, 0.4) is 0 Å². The number of hydrogen-bond donors (Lipinski definition) is 2. The third-order valence-electron chi connectivity index (χ3n) is 2.39. The first-order valence-corrected chi connectivity index (χ1v) is 7.31. The zero-order chi connectivity index (χ0) is 14.5. The van der Waals surface area contributed by atoms with Gasteiger partial charge in [-0.3, -0.25) is 0 Å². The summed E-state index contributed by atoms with van der Waals surface area (Å²) in [5.41, 5.74) is 0.908. The number of esters is 1. The third-order valence-corrected chi connectivity index (χ3v) is 3.86. The maximum absolute atomic E-state index is 11.7. The number of hydrogen-bond acceptors (Lipinski definition) is 5. The fraction of sp³-hybridized carbons (Fsp3) is 0.417. The van der Waals surface area contributed by atoms with Gasteiger partial charge in [-0.2, -0.15) is 0 Å². The van der Waals surface area contributed by atoms with Crippen LogP contribution >= 0.6 is 0 Å². The van der Waals surface area contributed by atoms with Crippen LogP contribution in [0.4, 0.5) is 0 Å². The van der Waals surface area contributed by atoms with Crippen molar-refractivity contribution >= 4 is 16.0 Å². The number of ether oxygens (including phenoxy) is 1. The molecule has 0 heterocycles. The third kappa shape index (κ3) is 4.98. The van der Waals surface area contributed by atoms with Crippen LogP contribution in [0.1, 0.15) is 22.8 Å². The molecule has 1 aromatic carbocycles. The highest BCUT2D eigenvalue weighted by atomic mass is 32.2. The predicted molar refractivity (Wildman–Crippen MR) is 70.1 cm³/mol. The fourth-order valence-corrected chi connectivity index (χ4v) is 2.86. The molecule has 19 heavy (non-hydrogen) atoms. The molecule has 0 radical (unpaired) electrons. The highest BCUT2D eigenvalue weighted by molar-refractivity contribution is 7.88. The molecule has 0 saturated heterocycles. The lowest BCUT2D eigenvalue weighted by atomic mass is 10.1. The van der Waals surface area contributed by atoms with Crippen molar-refractivity contribution in [1.29, 1.82) is 0 Å². The highest BCUT2D eigenvalue weighted by Crippen LogP contribution is 2.09. The first-order chi connectivity index (χ1) is 8.88. The van der Waals surface area contributed by atoms with Gasteiger partial charge < -0.3 is 9.84 Å². The summed E-state index contributed by atoms with van der Waals surface area (Å²) in [5.74, 6) is -0.680. The molecule has 1 rings (SSSR count). The molecule has 0 aliphatic heterocycles. The van der Waals surface area contributed by atoms with Gasteiger partial charge in [-0.25, -0.2) is 17.9 Å². The summed E-state index contributed by atoms with van der Waals surface area (Å²) in [5, 5.41) is 8.81. The van der Waals surface area contributed by atoms with Crippen molar-refractivity contribution in [3.8, 4) is 0 Å². The quantitative estimate of drug-likeness (QED) is 0.733. The lowest BCUT2D eigenvalue weighted by Crippen LogP contribution is -2.35. The summed E-state index contributed by atoms with van der Waals surface area (Å²) >= 11 is 0. The Hall–Kier alpha value is -1.44. The Balaban J connectivity index is 2.75. The summed E-state index contributed by atoms with van der Waals surface area (Å²) in [6.45, 7) is 1.30. The van der Waals surface area contributed by atoms with Crippen LogP contribution in [0.15, 0.2) is 24.3 Å². The summed E-state index contributed by atoms with van der Waals surface area (Å²) in [6, 6.07) is 5.59. The van der Waals surface area contributed by atoms with E-state index in [1.54, 1.807) is 19.1 Å². The van der Waals surface area contributed by atoms with Gasteiger partial charge >= 0.3 is 5.97 Å². The molecule has 2 N–H and O–H groups in total. The second-order valence-electron chi connectivity index (χ2n) is 4.15. The number of nitrogens with one attached hydrogen (secondary N) is 1. The largest absolute Gasteiger partial charge is 0.465 e. The van der Waals surface area contributed by atoms with Gasteiger partial charge in [-0.1, -0.05) is 12.1 Å². The lowest BCUT2D eigenvalue weighted by Gasteiger charge is -2.11. The standard InChI is InChI=1S/C12H17NO5S/c1-9(7-14)13-19(16,17)8-10-3-5-11(6-4-10)12(15)18-2/h3-6,9,13-14H,7-8H2,1-2H3/t9-/m1/s1. The smallest absolute Gasteiger partial charge is 0.337 e. The zero-order valence-corrected chi connectivity index (χ0v) is 11.6. The molecule has 0 aromatic heterocycles. The first kappa shape index (κ1) is 15.6. The Morgan fingerprint density at radius 2 is 1.95 bits per heavy atom. The zero-order valence-electron chi connectivity index (χ0n) is 10.8. The van der Waals surface area contributed by atoms with Crippen LogP contribution in [0.2, 0.25) is 0 Å². The van der Waals surface area contributed by atoms with Crippen molar-refractivity contribution in [2.45, 2.75) is 18.7 Å². The van der Waals surface area contributed by atoms with E-state index < -0.39 is 22.0 Å². The molecular formula is C12H17NO5S. The minimum atomic E-state index is -3.51. The van der Waals surface area contributed by atoms with E-state index >= 15 is 0 Å². The average Bonchev–Trinajstić information content (AvgIpc) is 2.37. The Labute approximate surface area is 112 Å². The van der Waals surface area contributed by atoms with Gasteiger partial charge in [0.05, 0.1) is 25.0 Å². The van der Waals surface area contributed by atoms with Crippen LogP contribution in [0.5, 0.6) is 0 Å². The monoisotopic (exact) mass is 287 g/mol. The average molecular weight is 287 g/mol. The number of aliphatic hydroxyl groups is 1. The Morgan fingerprint density at radius 3 is 2.42 bits per heavy atom. The number of carbonyl (C=O) groups excluding carboxylic acids is 1. The number of methoxy groups -OCH3 is 1. The number of rotatable bonds is 6. The van der Waals surface area contributed by atoms with Crippen LogP contribution in [0, 0.1) is 0 Å². The number of carbonyl (C=O) groups is 1. The van der Waals surface area contributed by atoms with Gasteiger partial charge in [-0.05, 0) is 24.6 Å². The number of aliphatic hydroxyl groups excluding tert-OH is 1. The molecular weight excluding hydrogens is 270 g/mol. The van der Waals surface area contributed by atoms with Gasteiger partial charge in [0.2, 0.25) is 10.0 Å². The first-order valence-electron chi connectivity index (χ1n) is 5.66. The predicted octanol–water partition coefficient (Wildman–Crippen LogP) is 0.273. The Morgan fingerprint density at radius 1 is 1.37 bits per heavy atom. The van der Waals surface area contributed by atoms with E-state index in [0.29, 0.717) is 11.1 Å². The lowest BCUT2D eigenvalue weighted by molar-refractivity contribution is 0.0600. The fourth-order valence-electron chi connectivity index (χ4n) is 1.46. The van der Waals surface area contributed by atoms with Gasteiger partial charge in [0.15, 0.2) is 0 Å². The minimum Gasteiger partial charge on any atom is -0.465 e. The second-order valence-corrected chi connectivity index (χ2v) is 5.90. The van der Waals surface area contributed by atoms with Crippen molar-refractivity contribution in [3.63, 3.8) is 0 Å². The summed E-state index contributed by atoms with van der Waals surface area (Å²) in [6.07, 6.45) is 0. The van der Waals surface area contributed by atoms with Crippen LogP contribution in [-0.2, 0) is 20.5 Å². The van der Waals surface area contributed by atoms with Crippen LogP contribution in [-0.4, -0.2) is 39.3 Å². The van der Waals surface area contributed by atoms with Crippen molar-refractivity contribution in [2.24, 2.45) is 0 Å². The summed E-state index contributed by atoms with van der Waals surface area (Å²) < 4.78 is 30.3. The molecule has 1 atom stereocenters. The molecule has 0 unspecified atom stereocenters. The van der Waals surface area contributed by atoms with Crippen molar-refractivity contribution < 1.29 is 23.1 Å². The van der Waals surface area contributed by atoms with E-state index in [1.165, 1.54) is 19.2 Å². The van der Waals surface area contributed by atoms with Gasteiger partial charge in [0, 0.05) is 6.04 Å². The van der Waals surface area contributed by atoms with Gasteiger partial charge in [0.1, 0.15) is 0 Å². The van der Waals surface area contributed by atoms with Gasteiger partial charge in [-0.15, -0.1) is 0 Å². The molecule has 6 nitrogen and oxygen atoms in total. The molecule has 0 saturated carbocycles. The molecule has 0 amide bonds. The maximum Gasteiger partial charge on any atom is 0.337 e. The van der Waals surface area contributed by atoms with E-state index in [1.807, 2.05) is 0 Å². The maximum atomic E-state index is 11.7. The molecule has 0 fully saturated rings. The minimum absolute atomic E-state index is 0.210. The van der Waals surface area contributed by atoms with Gasteiger partial charge in [0.25, 0.3) is 0 Å². The van der Waals surface area contributed by atoms with Crippen LogP contribution < -0.4 is 4.72 Å². The topological polar surface area (TPSA) is 92.7 Å². The summed E-state index contributed by atoms with van der Waals surface area (Å²) in [4.78, 5) is 11.2.